The lowest BCUT2D eigenvalue weighted by Crippen LogP contribution is -2.48. The van der Waals surface area contributed by atoms with Gasteiger partial charge in [-0.25, -0.2) is 0 Å². The van der Waals surface area contributed by atoms with Crippen LogP contribution in [-0.4, -0.2) is 66.0 Å². The predicted molar refractivity (Wildman–Crippen MR) is 152 cm³/mol. The van der Waals surface area contributed by atoms with Gasteiger partial charge >= 0.3 is 0 Å². The summed E-state index contributed by atoms with van der Waals surface area (Å²) in [5.74, 6) is 0.953. The van der Waals surface area contributed by atoms with Crippen LogP contribution in [0.5, 0.6) is 5.75 Å². The van der Waals surface area contributed by atoms with Crippen molar-refractivity contribution in [3.05, 3.63) is 83.4 Å². The van der Waals surface area contributed by atoms with Crippen LogP contribution in [0, 0.1) is 0 Å². The zero-order valence-electron chi connectivity index (χ0n) is 21.2. The molecule has 11 heteroatoms. The number of carbonyl (C=O) groups is 2. The molecule has 2 heterocycles. The molecule has 0 atom stereocenters. The molecule has 1 aliphatic rings. The van der Waals surface area contributed by atoms with Gasteiger partial charge in [0.1, 0.15) is 5.75 Å². The van der Waals surface area contributed by atoms with Gasteiger partial charge in [-0.2, -0.15) is 0 Å². The molecular formula is C28H26ClN5O4S. The Morgan fingerprint density at radius 2 is 1.77 bits per heavy atom. The van der Waals surface area contributed by atoms with E-state index in [4.69, 9.17) is 20.8 Å². The first-order valence-electron chi connectivity index (χ1n) is 12.3. The van der Waals surface area contributed by atoms with Crippen LogP contribution >= 0.6 is 23.4 Å². The molecule has 9 nitrogen and oxygen atoms in total. The van der Waals surface area contributed by atoms with Crippen molar-refractivity contribution in [1.29, 1.82) is 0 Å². The molecule has 1 fully saturated rings. The molecule has 200 valence electrons. The Balaban J connectivity index is 1.09. The third kappa shape index (κ3) is 6.52. The summed E-state index contributed by atoms with van der Waals surface area (Å²) in [5, 5.41) is 11.7. The Morgan fingerprint density at radius 3 is 2.51 bits per heavy atom. The van der Waals surface area contributed by atoms with E-state index in [1.54, 1.807) is 25.3 Å². The van der Waals surface area contributed by atoms with Gasteiger partial charge in [-0.3, -0.25) is 9.59 Å². The summed E-state index contributed by atoms with van der Waals surface area (Å²) in [5.41, 5.74) is 3.00. The lowest BCUT2D eigenvalue weighted by molar-refractivity contribution is -0.113. The molecule has 0 unspecified atom stereocenters. The maximum absolute atomic E-state index is 12.8. The standard InChI is InChI=1S/C28H26ClN5O4S/c1-37-22-6-4-5-19(17-22)26-31-32-28(38-26)39-18-25(35)30-20-9-11-21(12-10-20)33-13-15-34(16-14-33)27(36)23-7-2-3-8-24(23)29/h2-12,17H,13-16,18H2,1H3,(H,30,35). The number of hydrogen-bond acceptors (Lipinski definition) is 8. The second-order valence-corrected chi connectivity index (χ2v) is 10.1. The minimum Gasteiger partial charge on any atom is -0.497 e. The minimum absolute atomic E-state index is 0.0479. The number of rotatable bonds is 8. The number of thioether (sulfide) groups is 1. The second-order valence-electron chi connectivity index (χ2n) is 8.75. The quantitative estimate of drug-likeness (QED) is 0.296. The van der Waals surface area contributed by atoms with E-state index in [1.165, 1.54) is 11.8 Å². The molecule has 1 N–H and O–H groups in total. The van der Waals surface area contributed by atoms with Crippen LogP contribution in [0.15, 0.2) is 82.4 Å². The fourth-order valence-electron chi connectivity index (χ4n) is 4.19. The minimum atomic E-state index is -0.180. The topological polar surface area (TPSA) is 101 Å². The highest BCUT2D eigenvalue weighted by Crippen LogP contribution is 2.26. The highest BCUT2D eigenvalue weighted by atomic mass is 35.5. The molecule has 1 aliphatic heterocycles. The number of aromatic nitrogens is 2. The van der Waals surface area contributed by atoms with Crippen LogP contribution in [0.4, 0.5) is 11.4 Å². The molecule has 3 aromatic carbocycles. The first-order valence-corrected chi connectivity index (χ1v) is 13.7. The van der Waals surface area contributed by atoms with Crippen molar-refractivity contribution in [3.8, 4) is 17.2 Å². The van der Waals surface area contributed by atoms with Crippen molar-refractivity contribution in [1.82, 2.24) is 15.1 Å². The fourth-order valence-corrected chi connectivity index (χ4v) is 4.97. The lowest BCUT2D eigenvalue weighted by atomic mass is 10.1. The van der Waals surface area contributed by atoms with Crippen LogP contribution in [0.3, 0.4) is 0 Å². The first kappa shape index (κ1) is 26.6. The summed E-state index contributed by atoms with van der Waals surface area (Å²) >= 11 is 7.36. The lowest BCUT2D eigenvalue weighted by Gasteiger charge is -2.36. The molecule has 39 heavy (non-hydrogen) atoms. The number of nitrogens with one attached hydrogen (secondary N) is 1. The number of hydrogen-bond donors (Lipinski definition) is 1. The average molecular weight is 564 g/mol. The molecule has 0 spiro atoms. The molecule has 4 aromatic rings. The fraction of sp³-hybridized carbons (Fsp3) is 0.214. The monoisotopic (exact) mass is 563 g/mol. The number of nitrogens with zero attached hydrogens (tertiary/aromatic N) is 4. The van der Waals surface area contributed by atoms with Crippen LogP contribution in [0.2, 0.25) is 5.02 Å². The van der Waals surface area contributed by atoms with E-state index in [1.807, 2.05) is 59.5 Å². The predicted octanol–water partition coefficient (Wildman–Crippen LogP) is 5.09. The zero-order valence-corrected chi connectivity index (χ0v) is 22.7. The van der Waals surface area contributed by atoms with Crippen molar-refractivity contribution >= 4 is 46.6 Å². The van der Waals surface area contributed by atoms with Crippen LogP contribution < -0.4 is 15.0 Å². The molecule has 0 aliphatic carbocycles. The van der Waals surface area contributed by atoms with E-state index in [9.17, 15) is 9.59 Å². The number of piperazine rings is 1. The summed E-state index contributed by atoms with van der Waals surface area (Å²) in [6.07, 6.45) is 0. The number of amides is 2. The molecule has 2 amide bonds. The Morgan fingerprint density at radius 1 is 1.00 bits per heavy atom. The van der Waals surface area contributed by atoms with Crippen molar-refractivity contribution in [3.63, 3.8) is 0 Å². The molecule has 1 aromatic heterocycles. The summed E-state index contributed by atoms with van der Waals surface area (Å²) < 4.78 is 10.9. The van der Waals surface area contributed by atoms with E-state index in [0.717, 1.165) is 11.3 Å². The van der Waals surface area contributed by atoms with Gasteiger partial charge in [-0.1, -0.05) is 41.6 Å². The molecule has 0 saturated carbocycles. The number of halogens is 1. The maximum atomic E-state index is 12.8. The van der Waals surface area contributed by atoms with Gasteiger partial charge in [0.05, 0.1) is 23.4 Å². The van der Waals surface area contributed by atoms with Gasteiger partial charge < -0.3 is 24.3 Å². The van der Waals surface area contributed by atoms with Crippen LogP contribution in [0.1, 0.15) is 10.4 Å². The molecular weight excluding hydrogens is 538 g/mol. The van der Waals surface area contributed by atoms with Gasteiger partial charge in [0.15, 0.2) is 0 Å². The number of methoxy groups -OCH3 is 1. The summed E-state index contributed by atoms with van der Waals surface area (Å²) in [6, 6.07) is 22.1. The highest BCUT2D eigenvalue weighted by Gasteiger charge is 2.23. The Hall–Kier alpha value is -4.02. The smallest absolute Gasteiger partial charge is 0.277 e. The third-order valence-electron chi connectivity index (χ3n) is 6.24. The zero-order chi connectivity index (χ0) is 27.2. The van der Waals surface area contributed by atoms with Gasteiger partial charge in [-0.15, -0.1) is 10.2 Å². The molecule has 0 bridgehead atoms. The van der Waals surface area contributed by atoms with E-state index < -0.39 is 0 Å². The number of carbonyl (C=O) groups excluding carboxylic acids is 2. The van der Waals surface area contributed by atoms with Gasteiger partial charge in [0.2, 0.25) is 11.8 Å². The van der Waals surface area contributed by atoms with Gasteiger partial charge in [0.25, 0.3) is 11.1 Å². The number of anilines is 2. The van der Waals surface area contributed by atoms with E-state index in [2.05, 4.69) is 20.4 Å². The van der Waals surface area contributed by atoms with Crippen LogP contribution in [0.25, 0.3) is 11.5 Å². The second kappa shape index (κ2) is 12.2. The highest BCUT2D eigenvalue weighted by molar-refractivity contribution is 7.99. The van der Waals surface area contributed by atoms with Gasteiger partial charge in [-0.05, 0) is 54.6 Å². The normalized spacial score (nSPS) is 13.3. The van der Waals surface area contributed by atoms with Crippen LogP contribution in [-0.2, 0) is 4.79 Å². The summed E-state index contributed by atoms with van der Waals surface area (Å²) in [4.78, 5) is 29.3. The molecule has 1 saturated heterocycles. The van der Waals surface area contributed by atoms with E-state index in [0.29, 0.717) is 59.3 Å². The van der Waals surface area contributed by atoms with Crippen molar-refractivity contribution in [2.24, 2.45) is 0 Å². The Labute approximate surface area is 235 Å². The Bertz CT molecular complexity index is 1450. The number of benzene rings is 3. The summed E-state index contributed by atoms with van der Waals surface area (Å²) in [7, 11) is 1.59. The Kier molecular flexibility index (Phi) is 8.33. The summed E-state index contributed by atoms with van der Waals surface area (Å²) in [6.45, 7) is 2.63. The average Bonchev–Trinajstić information content (AvgIpc) is 3.46. The van der Waals surface area contributed by atoms with E-state index in [-0.39, 0.29) is 17.6 Å². The van der Waals surface area contributed by atoms with Crippen molar-refractivity contribution in [2.45, 2.75) is 5.22 Å². The maximum Gasteiger partial charge on any atom is 0.277 e. The SMILES string of the molecule is COc1cccc(-c2nnc(SCC(=O)Nc3ccc(N4CCN(C(=O)c5ccccc5Cl)CC4)cc3)o2)c1. The third-order valence-corrected chi connectivity index (χ3v) is 7.39. The van der Waals surface area contributed by atoms with Crippen molar-refractivity contribution < 1.29 is 18.7 Å². The molecule has 0 radical (unpaired) electrons. The largest absolute Gasteiger partial charge is 0.497 e. The molecule has 5 rings (SSSR count). The number of ether oxygens (including phenoxy) is 1. The first-order chi connectivity index (χ1) is 19.0. The van der Waals surface area contributed by atoms with Crippen molar-refractivity contribution in [2.75, 3.05) is 49.3 Å². The van der Waals surface area contributed by atoms with E-state index >= 15 is 0 Å². The van der Waals surface area contributed by atoms with Gasteiger partial charge in [0, 0.05) is 43.1 Å².